The molecule has 0 heterocycles. The van der Waals surface area contributed by atoms with E-state index in [0.717, 1.165) is 0 Å². The topological polar surface area (TPSA) is 43.7 Å². The van der Waals surface area contributed by atoms with Crippen LogP contribution in [0, 0.1) is 0 Å². The van der Waals surface area contributed by atoms with Gasteiger partial charge < -0.3 is 15.1 Å². The van der Waals surface area contributed by atoms with Gasteiger partial charge in [0, 0.05) is 38.4 Å². The van der Waals surface area contributed by atoms with Gasteiger partial charge in [-0.25, -0.2) is 0 Å². The molecule has 1 unspecified atom stereocenters. The maximum absolute atomic E-state index is 9.40. The zero-order valence-corrected chi connectivity index (χ0v) is 9.26. The van der Waals surface area contributed by atoms with E-state index in [-0.39, 0.29) is 0 Å². The van der Waals surface area contributed by atoms with Crippen molar-refractivity contribution in [2.75, 3.05) is 20.4 Å². The molecule has 0 spiro atoms. The van der Waals surface area contributed by atoms with E-state index in [9.17, 15) is 1.37 Å². The van der Waals surface area contributed by atoms with Crippen LogP contribution in [-0.2, 0) is 0 Å². The summed E-state index contributed by atoms with van der Waals surface area (Å²) in [5, 5.41) is 8.30. The van der Waals surface area contributed by atoms with Crippen molar-refractivity contribution in [1.29, 1.82) is 2.86 Å². The molecule has 19 heavy (non-hydrogen) atoms. The van der Waals surface area contributed by atoms with Crippen molar-refractivity contribution in [3.63, 3.8) is 0 Å². The van der Waals surface area contributed by atoms with Gasteiger partial charge in [0.15, 0.2) is 0 Å². The molecule has 1 fully saturated rings. The van der Waals surface area contributed by atoms with Gasteiger partial charge in [-0.1, -0.05) is 31.2 Å². The largest absolute Gasteiger partial charge is 0.508 e. The fourth-order valence-electron chi connectivity index (χ4n) is 1.27. The van der Waals surface area contributed by atoms with E-state index < -0.39 is 104 Å². The minimum absolute atomic E-state index is 1.14. The fraction of sp³-hybridized carbons (Fsp3) is 0.625. The van der Waals surface area contributed by atoms with Crippen molar-refractivity contribution in [2.45, 2.75) is 43.4 Å². The van der Waals surface area contributed by atoms with Crippen molar-refractivity contribution in [3.05, 3.63) is 29.7 Å². The Morgan fingerprint density at radius 1 is 1.47 bits per heavy atom. The van der Waals surface area contributed by atoms with Crippen molar-refractivity contribution < 1.29 is 41.7 Å². The SMILES string of the molecule is [2H]Oc1c([2H])c([2H])c(C([2H])(C([2H])([2H])N(C([2H])([2H])[2H])C([2H])([2H])[2H])C2(O[2H])C([2H])([2H])C([2H])([2H])C([2H])([2H])C([2H])([2H])C2([2H])[2H])c([2H])c1[2H]. The summed E-state index contributed by atoms with van der Waals surface area (Å²) < 4.78 is 205. The van der Waals surface area contributed by atoms with E-state index in [2.05, 4.69) is 10.2 Å². The van der Waals surface area contributed by atoms with E-state index >= 15 is 0 Å². The van der Waals surface area contributed by atoms with Crippen molar-refractivity contribution in [3.8, 4) is 5.75 Å². The molecular weight excluding hydrogens is 238 g/mol. The molecule has 2 rings (SSSR count). The average Bonchev–Trinajstić information content (AvgIpc) is 2.80. The number of phenolic OH excluding ortho intramolecular Hbond substituents is 1. The number of hydrogen-bond acceptors (Lipinski definition) is 3. The van der Waals surface area contributed by atoms with Gasteiger partial charge in [-0.2, -0.15) is 0 Å². The highest BCUT2D eigenvalue weighted by atomic mass is 16.3. The molecule has 1 atom stereocenters. The van der Waals surface area contributed by atoms with Crippen LogP contribution in [0.1, 0.15) is 74.8 Å². The zero-order valence-electron chi connectivity index (χ0n) is 34.3. The summed E-state index contributed by atoms with van der Waals surface area (Å²) in [5.41, 5.74) is -6.93. The molecule has 106 valence electrons. The Bertz CT molecular complexity index is 1230. The lowest BCUT2D eigenvalue weighted by atomic mass is 9.72. The summed E-state index contributed by atoms with van der Waals surface area (Å²) in [4.78, 5) is -1.14. The molecule has 0 saturated heterocycles. The lowest BCUT2D eigenvalue weighted by molar-refractivity contribution is -0.0277. The van der Waals surface area contributed by atoms with Gasteiger partial charge in [-0.15, -0.1) is 0 Å². The first-order chi connectivity index (χ1) is 19.1. The number of aromatic hydroxyl groups is 1. The van der Waals surface area contributed by atoms with Gasteiger partial charge in [0.2, 0.25) is 1.43 Å². The first kappa shape index (κ1) is 2.67. The predicted octanol–water partition coefficient (Wildman–Crippen LogP) is 2.73. The van der Waals surface area contributed by atoms with Crippen LogP contribution in [-0.4, -0.2) is 44.0 Å². The molecule has 0 amide bonds. The maximum atomic E-state index is 9.40. The first-order valence-electron chi connectivity index (χ1n) is 17.1. The van der Waals surface area contributed by atoms with Crippen molar-refractivity contribution in [2.24, 2.45) is 0 Å². The normalized spacial score (nSPS) is 56.4. The second kappa shape index (κ2) is 5.93. The highest BCUT2D eigenvalue weighted by molar-refractivity contribution is 5.30. The number of phenols is 1. The van der Waals surface area contributed by atoms with Crippen LogP contribution in [0.3, 0.4) is 0 Å². The molecule has 0 aliphatic heterocycles. The summed E-state index contributed by atoms with van der Waals surface area (Å²) in [6.07, 6.45) is -22.7. The van der Waals surface area contributed by atoms with E-state index in [1.807, 2.05) is 0 Å². The Morgan fingerprint density at radius 3 is 2.79 bits per heavy atom. The van der Waals surface area contributed by atoms with Gasteiger partial charge in [0.1, 0.15) is 5.75 Å². The molecule has 0 aromatic heterocycles. The molecular formula is C16H25NO2. The summed E-state index contributed by atoms with van der Waals surface area (Å²) >= 11 is 0. The summed E-state index contributed by atoms with van der Waals surface area (Å²) in [5.74, 6) is -6.15. The molecule has 1 saturated carbocycles. The van der Waals surface area contributed by atoms with E-state index in [1.165, 1.54) is 0 Å². The Morgan fingerprint density at radius 2 is 2.21 bits per heavy atom. The third kappa shape index (κ3) is 3.48. The van der Waals surface area contributed by atoms with Crippen LogP contribution < -0.4 is 0 Å². The number of aliphatic hydroxyl groups is 1. The Hall–Kier alpha value is -1.06. The third-order valence-corrected chi connectivity index (χ3v) is 2.03. The molecule has 0 radical (unpaired) electrons. The first-order valence-corrected chi connectivity index (χ1v) is 4.83. The minimum atomic E-state index is -4.95. The lowest BCUT2D eigenvalue weighted by Gasteiger charge is -2.40. The second-order valence-electron chi connectivity index (χ2n) is 3.33. The summed E-state index contributed by atoms with van der Waals surface area (Å²) in [6, 6.07) is -6.48. The number of nitrogens with zero attached hydrogens (tertiary/aromatic N) is 1. The lowest BCUT2D eigenvalue weighted by Crippen LogP contribution is -2.42. The zero-order chi connectivity index (χ0) is 35.5. The van der Waals surface area contributed by atoms with E-state index in [1.54, 1.807) is 0 Å². The number of hydrogen-bond donors (Lipinski definition) is 2. The summed E-state index contributed by atoms with van der Waals surface area (Å²) in [6.45, 7) is -13.3. The molecule has 3 heteroatoms. The van der Waals surface area contributed by atoms with Crippen molar-refractivity contribution in [1.82, 2.24) is 4.90 Å². The molecule has 3 nitrogen and oxygen atoms in total. The summed E-state index contributed by atoms with van der Waals surface area (Å²) in [7, 11) is 0. The Labute approximate surface area is 151 Å². The molecule has 0 bridgehead atoms. The number of likely N-dealkylation sites (N-methyl/N-ethyl adjacent to an activating group) is 1. The quantitative estimate of drug-likeness (QED) is 0.846. The highest BCUT2D eigenvalue weighted by Gasteiger charge is 2.38. The van der Waals surface area contributed by atoms with Crippen molar-refractivity contribution >= 4 is 0 Å². The Kier molecular flexibility index (Phi) is 0.832. The standard InChI is InChI=1S/C16H25NO2/c1-17(2)12-15(13-6-8-14(18)9-7-13)16(19)10-4-3-5-11-16/h6-9,15,18-19H,3-5,10-12H2,1-2H3/i1D3,2D3,3D2,4D2,5D2,6D,7D,8D,9D,10D2,11D2,12D2,15D,19D/hD. The third-order valence-electron chi connectivity index (χ3n) is 2.03. The average molecular weight is 289 g/mol. The van der Waals surface area contributed by atoms with Crippen LogP contribution in [0.4, 0.5) is 0 Å². The van der Waals surface area contributed by atoms with Gasteiger partial charge in [0.25, 0.3) is 1.43 Å². The Balaban J connectivity index is 3.61. The smallest absolute Gasteiger partial charge is 0.293 e. The second-order valence-corrected chi connectivity index (χ2v) is 3.33. The van der Waals surface area contributed by atoms with E-state index in [4.69, 9.17) is 33.0 Å². The predicted molar refractivity (Wildman–Crippen MR) is 77.4 cm³/mol. The van der Waals surface area contributed by atoms with Gasteiger partial charge in [-0.3, -0.25) is 0 Å². The van der Waals surface area contributed by atoms with Gasteiger partial charge in [-0.05, 0) is 44.3 Å². The van der Waals surface area contributed by atoms with Crippen LogP contribution in [0.25, 0.3) is 0 Å². The molecule has 1 aliphatic rings. The molecule has 1 aliphatic carbocycles. The number of benzene rings is 1. The fourth-order valence-corrected chi connectivity index (χ4v) is 1.27. The van der Waals surface area contributed by atoms with Crippen LogP contribution >= 0.6 is 0 Å². The van der Waals surface area contributed by atoms with E-state index in [0.29, 0.717) is 0 Å². The van der Waals surface area contributed by atoms with Crippen LogP contribution in [0.15, 0.2) is 24.2 Å². The monoisotopic (exact) mass is 288 g/mol. The van der Waals surface area contributed by atoms with Crippen LogP contribution in [0.2, 0.25) is 0 Å². The minimum Gasteiger partial charge on any atom is -0.508 e. The molecule has 1 aromatic carbocycles. The molecule has 1 aromatic rings. The highest BCUT2D eigenvalue weighted by Crippen LogP contribution is 2.40. The maximum Gasteiger partial charge on any atom is 0.293 e. The van der Waals surface area contributed by atoms with Crippen LogP contribution in [0.5, 0.6) is 5.75 Å². The van der Waals surface area contributed by atoms with Gasteiger partial charge in [0.05, 0.1) is 11.1 Å². The molecule has 2 N–H and O–H groups in total. The van der Waals surface area contributed by atoms with Gasteiger partial charge >= 0.3 is 0 Å². The number of rotatable bonds is 6.